The summed E-state index contributed by atoms with van der Waals surface area (Å²) in [5.74, 6) is -1.06. The van der Waals surface area contributed by atoms with Gasteiger partial charge in [0, 0.05) is 12.3 Å². The van der Waals surface area contributed by atoms with E-state index in [1.807, 2.05) is 0 Å². The van der Waals surface area contributed by atoms with Gasteiger partial charge in [-0.05, 0) is 6.92 Å². The van der Waals surface area contributed by atoms with Crippen LogP contribution in [0.25, 0.3) is 0 Å². The van der Waals surface area contributed by atoms with Gasteiger partial charge in [-0.3, -0.25) is 0 Å². The smallest absolute Gasteiger partial charge is 0.160 e. The van der Waals surface area contributed by atoms with Gasteiger partial charge < -0.3 is 30.0 Å². The number of rotatable bonds is 3. The summed E-state index contributed by atoms with van der Waals surface area (Å²) in [6, 6.07) is 0. The van der Waals surface area contributed by atoms with Crippen LogP contribution in [0, 0.1) is 5.92 Å². The Morgan fingerprint density at radius 2 is 1.87 bits per heavy atom. The van der Waals surface area contributed by atoms with Gasteiger partial charge in [0.2, 0.25) is 0 Å². The van der Waals surface area contributed by atoms with Crippen LogP contribution in [0.2, 0.25) is 0 Å². The third kappa shape index (κ3) is 2.73. The first-order valence-corrected chi connectivity index (χ1v) is 4.77. The molecule has 0 bridgehead atoms. The zero-order chi connectivity index (χ0) is 11.6. The average Bonchev–Trinajstić information content (AvgIpc) is 2.18. The van der Waals surface area contributed by atoms with Crippen molar-refractivity contribution in [3.8, 4) is 0 Å². The molecule has 6 heteroatoms. The van der Waals surface area contributed by atoms with E-state index in [0.29, 0.717) is 0 Å². The van der Waals surface area contributed by atoms with Crippen LogP contribution in [-0.2, 0) is 9.53 Å². The Morgan fingerprint density at radius 1 is 1.27 bits per heavy atom. The minimum absolute atomic E-state index is 0.0719. The molecule has 0 unspecified atom stereocenters. The molecule has 0 aromatic rings. The Hall–Kier alpha value is -0.530. The van der Waals surface area contributed by atoms with Gasteiger partial charge in [0.1, 0.15) is 18.0 Å². The Bertz CT molecular complexity index is 231. The molecule has 1 heterocycles. The summed E-state index contributed by atoms with van der Waals surface area (Å²) in [7, 11) is 0. The first kappa shape index (κ1) is 12.5. The number of aliphatic hydroxyl groups excluding tert-OH is 4. The molecule has 1 rings (SSSR count). The molecule has 1 fully saturated rings. The average molecular weight is 220 g/mol. The summed E-state index contributed by atoms with van der Waals surface area (Å²) in [5, 5.41) is 37.3. The predicted octanol–water partition coefficient (Wildman–Crippen LogP) is -1.99. The van der Waals surface area contributed by atoms with E-state index in [4.69, 9.17) is 9.84 Å². The van der Waals surface area contributed by atoms with Crippen molar-refractivity contribution >= 4 is 5.78 Å². The summed E-state index contributed by atoms with van der Waals surface area (Å²) >= 11 is 0. The molecule has 5 atom stereocenters. The molecule has 0 radical (unpaired) electrons. The minimum atomic E-state index is -1.34. The highest BCUT2D eigenvalue weighted by atomic mass is 16.6. The van der Waals surface area contributed by atoms with Crippen molar-refractivity contribution in [3.05, 3.63) is 0 Å². The van der Waals surface area contributed by atoms with Gasteiger partial charge in [-0.1, -0.05) is 0 Å². The lowest BCUT2D eigenvalue weighted by Gasteiger charge is -2.39. The van der Waals surface area contributed by atoms with E-state index in [2.05, 4.69) is 0 Å². The standard InChI is InChI=1S/C9H16O6/c1-4(11)2-5-7(12)8(13)6(3-10)15-9(5)14/h5-10,12-14H,2-3H2,1H3/t5-,6-,7+,8+,9-/m1/s1. The number of ether oxygens (including phenoxy) is 1. The molecule has 1 aliphatic rings. The Labute approximate surface area is 87.1 Å². The van der Waals surface area contributed by atoms with Crippen LogP contribution in [0.3, 0.4) is 0 Å². The zero-order valence-electron chi connectivity index (χ0n) is 8.41. The monoisotopic (exact) mass is 220 g/mol. The summed E-state index contributed by atoms with van der Waals surface area (Å²) < 4.78 is 4.87. The van der Waals surface area contributed by atoms with Gasteiger partial charge >= 0.3 is 0 Å². The lowest BCUT2D eigenvalue weighted by molar-refractivity contribution is -0.269. The highest BCUT2D eigenvalue weighted by molar-refractivity contribution is 5.75. The van der Waals surface area contributed by atoms with Gasteiger partial charge in [-0.15, -0.1) is 0 Å². The second-order valence-electron chi connectivity index (χ2n) is 3.80. The van der Waals surface area contributed by atoms with E-state index in [9.17, 15) is 20.1 Å². The summed E-state index contributed by atoms with van der Waals surface area (Å²) in [6.45, 7) is 0.825. The molecule has 0 spiro atoms. The second kappa shape index (κ2) is 5.00. The van der Waals surface area contributed by atoms with Gasteiger partial charge in [-0.25, -0.2) is 0 Å². The van der Waals surface area contributed by atoms with Crippen molar-refractivity contribution < 1.29 is 30.0 Å². The molecule has 0 saturated carbocycles. The number of aliphatic hydroxyl groups is 4. The Morgan fingerprint density at radius 3 is 2.33 bits per heavy atom. The number of Topliss-reactive ketones (excluding diaryl/α,β-unsaturated/α-hetero) is 1. The minimum Gasteiger partial charge on any atom is -0.394 e. The number of carbonyl (C=O) groups is 1. The van der Waals surface area contributed by atoms with E-state index >= 15 is 0 Å². The molecule has 6 nitrogen and oxygen atoms in total. The normalized spacial score (nSPS) is 41.5. The third-order valence-corrected chi connectivity index (χ3v) is 2.55. The van der Waals surface area contributed by atoms with Crippen molar-refractivity contribution in [2.45, 2.75) is 37.9 Å². The van der Waals surface area contributed by atoms with E-state index < -0.39 is 37.1 Å². The highest BCUT2D eigenvalue weighted by Crippen LogP contribution is 2.27. The maximum absolute atomic E-state index is 10.9. The molecule has 0 aromatic carbocycles. The fourth-order valence-corrected chi connectivity index (χ4v) is 1.71. The van der Waals surface area contributed by atoms with E-state index in [1.54, 1.807) is 0 Å². The van der Waals surface area contributed by atoms with Crippen LogP contribution in [0.1, 0.15) is 13.3 Å². The number of carbonyl (C=O) groups excluding carboxylic acids is 1. The van der Waals surface area contributed by atoms with Crippen LogP contribution in [0.15, 0.2) is 0 Å². The number of hydrogen-bond donors (Lipinski definition) is 4. The topological polar surface area (TPSA) is 107 Å². The second-order valence-corrected chi connectivity index (χ2v) is 3.80. The van der Waals surface area contributed by atoms with Crippen LogP contribution in [0.5, 0.6) is 0 Å². The van der Waals surface area contributed by atoms with Gasteiger partial charge in [0.25, 0.3) is 0 Å². The maximum Gasteiger partial charge on any atom is 0.160 e. The molecule has 1 aliphatic heterocycles. The molecule has 0 aliphatic carbocycles. The van der Waals surface area contributed by atoms with Gasteiger partial charge in [0.05, 0.1) is 12.7 Å². The van der Waals surface area contributed by atoms with Crippen LogP contribution >= 0.6 is 0 Å². The Balaban J connectivity index is 2.70. The molecule has 15 heavy (non-hydrogen) atoms. The van der Waals surface area contributed by atoms with Gasteiger partial charge in [0.15, 0.2) is 6.29 Å². The molecular formula is C9H16O6. The largest absolute Gasteiger partial charge is 0.394 e. The van der Waals surface area contributed by atoms with Crippen molar-refractivity contribution in [1.29, 1.82) is 0 Å². The van der Waals surface area contributed by atoms with Crippen LogP contribution in [-0.4, -0.2) is 57.4 Å². The molecule has 0 amide bonds. The van der Waals surface area contributed by atoms with E-state index in [1.165, 1.54) is 6.92 Å². The summed E-state index contributed by atoms with van der Waals surface area (Å²) in [5.41, 5.74) is 0. The van der Waals surface area contributed by atoms with Crippen molar-refractivity contribution in [3.63, 3.8) is 0 Å². The molecule has 0 aromatic heterocycles. The fourth-order valence-electron chi connectivity index (χ4n) is 1.71. The van der Waals surface area contributed by atoms with Crippen molar-refractivity contribution in [2.75, 3.05) is 6.61 Å². The fraction of sp³-hybridized carbons (Fsp3) is 0.889. The number of hydrogen-bond acceptors (Lipinski definition) is 6. The lowest BCUT2D eigenvalue weighted by Crippen LogP contribution is -2.55. The van der Waals surface area contributed by atoms with E-state index in [-0.39, 0.29) is 12.2 Å². The van der Waals surface area contributed by atoms with Gasteiger partial charge in [-0.2, -0.15) is 0 Å². The molecule has 88 valence electrons. The first-order valence-electron chi connectivity index (χ1n) is 4.77. The molecule has 1 saturated heterocycles. The van der Waals surface area contributed by atoms with Crippen molar-refractivity contribution in [1.82, 2.24) is 0 Å². The Kier molecular flexibility index (Phi) is 4.18. The third-order valence-electron chi connectivity index (χ3n) is 2.55. The van der Waals surface area contributed by atoms with Crippen molar-refractivity contribution in [2.24, 2.45) is 5.92 Å². The molecule has 4 N–H and O–H groups in total. The number of ketones is 1. The highest BCUT2D eigenvalue weighted by Gasteiger charge is 2.43. The van der Waals surface area contributed by atoms with Crippen LogP contribution < -0.4 is 0 Å². The summed E-state index contributed by atoms with van der Waals surface area (Å²) in [4.78, 5) is 10.9. The first-order chi connectivity index (χ1) is 6.97. The summed E-state index contributed by atoms with van der Waals surface area (Å²) in [6.07, 6.45) is -4.99. The quantitative estimate of drug-likeness (QED) is 0.439. The maximum atomic E-state index is 10.9. The van der Waals surface area contributed by atoms with E-state index in [0.717, 1.165) is 0 Å². The zero-order valence-corrected chi connectivity index (χ0v) is 8.41. The lowest BCUT2D eigenvalue weighted by atomic mass is 9.87. The molecular weight excluding hydrogens is 204 g/mol. The SMILES string of the molecule is CC(=O)C[C@@H]1[C@H](O)[C@@H](O)[C@@H](CO)O[C@H]1O. The van der Waals surface area contributed by atoms with Crippen LogP contribution in [0.4, 0.5) is 0 Å². The predicted molar refractivity (Wildman–Crippen MR) is 48.8 cm³/mol.